The molecule has 0 saturated carbocycles. The van der Waals surface area contributed by atoms with Crippen LogP contribution >= 0.6 is 0 Å². The maximum absolute atomic E-state index is 13.4. The van der Waals surface area contributed by atoms with Gasteiger partial charge in [-0.15, -0.1) is 0 Å². The molecule has 0 fully saturated rings. The number of nitrogens with zero attached hydrogens (tertiary/aromatic N) is 1. The number of aryl methyl sites for hydroxylation is 1. The first-order chi connectivity index (χ1) is 14.4. The molecule has 30 heavy (non-hydrogen) atoms. The van der Waals surface area contributed by atoms with E-state index in [4.69, 9.17) is 4.74 Å². The van der Waals surface area contributed by atoms with E-state index in [2.05, 4.69) is 4.74 Å². The zero-order valence-corrected chi connectivity index (χ0v) is 18.3. The zero-order valence-electron chi connectivity index (χ0n) is 17.5. The predicted octanol–water partition coefficient (Wildman–Crippen LogP) is 3.80. The summed E-state index contributed by atoms with van der Waals surface area (Å²) in [7, 11) is -2.39. The third-order valence-corrected chi connectivity index (χ3v) is 7.05. The van der Waals surface area contributed by atoms with Crippen LogP contribution in [0.1, 0.15) is 37.0 Å². The van der Waals surface area contributed by atoms with Gasteiger partial charge in [-0.25, -0.2) is 13.2 Å². The van der Waals surface area contributed by atoms with Gasteiger partial charge < -0.3 is 9.47 Å². The van der Waals surface area contributed by atoms with Crippen molar-refractivity contribution in [1.82, 2.24) is 4.31 Å². The molecule has 0 radical (unpaired) electrons. The largest absolute Gasteiger partial charge is 0.488 e. The van der Waals surface area contributed by atoms with Crippen molar-refractivity contribution in [3.63, 3.8) is 0 Å². The number of hydrogen-bond acceptors (Lipinski definition) is 5. The number of fused-ring (bicyclic) bond motifs is 1. The summed E-state index contributed by atoms with van der Waals surface area (Å²) in [4.78, 5) is 11.6. The van der Waals surface area contributed by atoms with Crippen LogP contribution in [0, 0.1) is 0 Å². The van der Waals surface area contributed by atoms with Crippen LogP contribution in [0.15, 0.2) is 53.4 Å². The molecule has 1 atom stereocenters. The van der Waals surface area contributed by atoms with Gasteiger partial charge in [0.15, 0.2) is 0 Å². The van der Waals surface area contributed by atoms with E-state index in [0.29, 0.717) is 12.2 Å². The summed E-state index contributed by atoms with van der Waals surface area (Å²) in [5.74, 6) is -0.0388. The van der Waals surface area contributed by atoms with Gasteiger partial charge in [0.05, 0.1) is 13.7 Å². The lowest BCUT2D eigenvalue weighted by molar-refractivity contribution is -0.134. The van der Waals surface area contributed by atoms with E-state index in [1.165, 1.54) is 17.5 Å². The number of benzene rings is 2. The van der Waals surface area contributed by atoms with E-state index in [1.54, 1.807) is 30.3 Å². The van der Waals surface area contributed by atoms with E-state index in [-0.39, 0.29) is 24.1 Å². The average Bonchev–Trinajstić information content (AvgIpc) is 2.86. The predicted molar refractivity (Wildman–Crippen MR) is 116 cm³/mol. The highest BCUT2D eigenvalue weighted by Crippen LogP contribution is 2.32. The van der Waals surface area contributed by atoms with Crippen LogP contribution in [0.4, 0.5) is 0 Å². The molecule has 0 unspecified atom stereocenters. The molecule has 2 aromatic carbocycles. The van der Waals surface area contributed by atoms with E-state index in [0.717, 1.165) is 23.1 Å². The number of sulfonamides is 1. The number of rotatable bonds is 6. The molecule has 0 spiro atoms. The monoisotopic (exact) mass is 429 g/mol. The number of carbonyl (C=O) groups excluding carboxylic acids is 1. The standard InChI is InChI=1S/C23H27NO5S/c1-4-18-12-10-17(11-13-23(25)28-3)14-19(18)15-24-16-20(5-2)29-21-8-6-7-9-22(21)30(24,26)27/h6-14,20H,4-5,15-16H2,1-3H3/b13-11+/t20-/m1/s1. The lowest BCUT2D eigenvalue weighted by atomic mass is 10.0. The van der Waals surface area contributed by atoms with Crippen molar-refractivity contribution >= 4 is 22.1 Å². The molecule has 1 heterocycles. The quantitative estimate of drug-likeness (QED) is 0.516. The van der Waals surface area contributed by atoms with Crippen LogP contribution < -0.4 is 4.74 Å². The van der Waals surface area contributed by atoms with Gasteiger partial charge in [-0.3, -0.25) is 0 Å². The summed E-state index contributed by atoms with van der Waals surface area (Å²) < 4.78 is 38.9. The normalized spacial score (nSPS) is 18.4. The van der Waals surface area contributed by atoms with Crippen LogP contribution in [0.25, 0.3) is 6.08 Å². The fraction of sp³-hybridized carbons (Fsp3) is 0.348. The molecule has 0 aliphatic carbocycles. The number of esters is 1. The summed E-state index contributed by atoms with van der Waals surface area (Å²) in [5, 5.41) is 0. The molecule has 160 valence electrons. The van der Waals surface area contributed by atoms with E-state index >= 15 is 0 Å². The maximum atomic E-state index is 13.4. The van der Waals surface area contributed by atoms with Crippen molar-refractivity contribution in [2.24, 2.45) is 0 Å². The van der Waals surface area contributed by atoms with Gasteiger partial charge >= 0.3 is 5.97 Å². The molecule has 0 N–H and O–H groups in total. The van der Waals surface area contributed by atoms with Crippen LogP contribution in [0.2, 0.25) is 0 Å². The number of ether oxygens (including phenoxy) is 2. The average molecular weight is 430 g/mol. The Morgan fingerprint density at radius 2 is 1.97 bits per heavy atom. The second-order valence-corrected chi connectivity index (χ2v) is 9.04. The minimum Gasteiger partial charge on any atom is -0.488 e. The van der Waals surface area contributed by atoms with Crippen molar-refractivity contribution in [2.45, 2.75) is 44.2 Å². The van der Waals surface area contributed by atoms with Gasteiger partial charge in [0.1, 0.15) is 16.7 Å². The molecule has 7 heteroatoms. The van der Waals surface area contributed by atoms with Crippen molar-refractivity contribution in [3.05, 3.63) is 65.2 Å². The molecule has 6 nitrogen and oxygen atoms in total. The van der Waals surface area contributed by atoms with Gasteiger partial charge in [0, 0.05) is 12.6 Å². The molecule has 3 rings (SSSR count). The van der Waals surface area contributed by atoms with Crippen LogP contribution in [0.3, 0.4) is 0 Å². The van der Waals surface area contributed by atoms with E-state index < -0.39 is 16.0 Å². The summed E-state index contributed by atoms with van der Waals surface area (Å²) in [6, 6.07) is 12.6. The van der Waals surface area contributed by atoms with Crippen molar-refractivity contribution < 1.29 is 22.7 Å². The molecular weight excluding hydrogens is 402 g/mol. The van der Waals surface area contributed by atoms with Gasteiger partial charge in [-0.05, 0) is 47.7 Å². The van der Waals surface area contributed by atoms with Crippen molar-refractivity contribution in [3.8, 4) is 5.75 Å². The molecule has 0 aromatic heterocycles. The minimum absolute atomic E-state index is 0.195. The SMILES string of the molecule is CCc1ccc(/C=C/C(=O)OC)cc1CN1C[C@@H](CC)Oc2ccccc2S1(=O)=O. The molecule has 2 aromatic rings. The highest BCUT2D eigenvalue weighted by Gasteiger charge is 2.34. The fourth-order valence-corrected chi connectivity index (χ4v) is 5.04. The Bertz CT molecular complexity index is 1050. The van der Waals surface area contributed by atoms with Gasteiger partial charge in [-0.2, -0.15) is 4.31 Å². The second kappa shape index (κ2) is 9.45. The van der Waals surface area contributed by atoms with Crippen molar-refractivity contribution in [2.75, 3.05) is 13.7 Å². The highest BCUT2D eigenvalue weighted by molar-refractivity contribution is 7.89. The van der Waals surface area contributed by atoms with Crippen molar-refractivity contribution in [1.29, 1.82) is 0 Å². The maximum Gasteiger partial charge on any atom is 0.330 e. The van der Waals surface area contributed by atoms with Crippen LogP contribution in [-0.4, -0.2) is 38.5 Å². The smallest absolute Gasteiger partial charge is 0.330 e. The number of para-hydroxylation sites is 1. The molecular formula is C23H27NO5S. The minimum atomic E-state index is -3.71. The summed E-state index contributed by atoms with van der Waals surface area (Å²) >= 11 is 0. The Kier molecular flexibility index (Phi) is 6.95. The molecule has 1 aliphatic heterocycles. The number of hydrogen-bond donors (Lipinski definition) is 0. The van der Waals surface area contributed by atoms with Gasteiger partial charge in [0.25, 0.3) is 0 Å². The fourth-order valence-electron chi connectivity index (χ4n) is 3.47. The second-order valence-electron chi connectivity index (χ2n) is 7.13. The summed E-state index contributed by atoms with van der Waals surface area (Å²) in [5.41, 5.74) is 2.78. The lowest BCUT2D eigenvalue weighted by Crippen LogP contribution is -2.36. The topological polar surface area (TPSA) is 72.9 Å². The highest BCUT2D eigenvalue weighted by atomic mass is 32.2. The lowest BCUT2D eigenvalue weighted by Gasteiger charge is -2.23. The number of methoxy groups -OCH3 is 1. The van der Waals surface area contributed by atoms with Gasteiger partial charge in [-0.1, -0.05) is 44.2 Å². The third-order valence-electron chi connectivity index (χ3n) is 5.19. The molecule has 0 saturated heterocycles. The molecule has 1 aliphatic rings. The molecule has 0 bridgehead atoms. The zero-order chi connectivity index (χ0) is 21.7. The first-order valence-corrected chi connectivity index (χ1v) is 11.5. The Hall–Kier alpha value is -2.64. The first kappa shape index (κ1) is 22.1. The molecule has 0 amide bonds. The Morgan fingerprint density at radius 1 is 1.20 bits per heavy atom. The van der Waals surface area contributed by atoms with E-state index in [9.17, 15) is 13.2 Å². The Labute approximate surface area is 178 Å². The Morgan fingerprint density at radius 3 is 2.67 bits per heavy atom. The third kappa shape index (κ3) is 4.74. The first-order valence-electron chi connectivity index (χ1n) is 10.0. The van der Waals surface area contributed by atoms with Gasteiger partial charge in [0.2, 0.25) is 10.0 Å². The number of carbonyl (C=O) groups is 1. The summed E-state index contributed by atoms with van der Waals surface area (Å²) in [6.45, 7) is 4.53. The van der Waals surface area contributed by atoms with Crippen LogP contribution in [0.5, 0.6) is 5.75 Å². The van der Waals surface area contributed by atoms with E-state index in [1.807, 2.05) is 32.0 Å². The van der Waals surface area contributed by atoms with Crippen LogP contribution in [-0.2, 0) is 32.5 Å². The summed E-state index contributed by atoms with van der Waals surface area (Å²) in [6.07, 6.45) is 4.26. The Balaban J connectivity index is 1.99.